The first kappa shape index (κ1) is 17.5. The molecule has 0 saturated heterocycles. The van der Waals surface area contributed by atoms with Gasteiger partial charge in [-0.3, -0.25) is 4.79 Å². The number of carbonyl (C=O) groups is 1. The molecule has 4 rings (SSSR count). The molecule has 27 heavy (non-hydrogen) atoms. The Bertz CT molecular complexity index is 944. The zero-order valence-corrected chi connectivity index (χ0v) is 15.8. The number of hydrogen-bond donors (Lipinski definition) is 0. The summed E-state index contributed by atoms with van der Waals surface area (Å²) in [5.41, 5.74) is 1.55. The number of nitrogens with zero attached hydrogens (tertiary/aromatic N) is 5. The molecule has 1 aliphatic rings. The second-order valence-electron chi connectivity index (χ2n) is 7.16. The second-order valence-corrected chi connectivity index (χ2v) is 7.16. The maximum Gasteiger partial charge on any atom is 0.276 e. The second kappa shape index (κ2) is 6.98. The predicted octanol–water partition coefficient (Wildman–Crippen LogP) is 3.14. The van der Waals surface area contributed by atoms with Crippen LogP contribution >= 0.6 is 0 Å². The van der Waals surface area contributed by atoms with E-state index < -0.39 is 0 Å². The highest BCUT2D eigenvalue weighted by molar-refractivity contribution is 5.93. The number of aryl methyl sites for hydroxylation is 1. The summed E-state index contributed by atoms with van der Waals surface area (Å²) in [4.78, 5) is 24.0. The molecule has 0 radical (unpaired) electrons. The van der Waals surface area contributed by atoms with Gasteiger partial charge in [-0.1, -0.05) is 44.2 Å². The highest BCUT2D eigenvalue weighted by Crippen LogP contribution is 2.30. The number of benzene rings is 1. The van der Waals surface area contributed by atoms with Crippen LogP contribution in [0.2, 0.25) is 0 Å². The van der Waals surface area contributed by atoms with Crippen molar-refractivity contribution in [2.75, 3.05) is 6.54 Å². The summed E-state index contributed by atoms with van der Waals surface area (Å²) in [5, 5.41) is 4.48. The van der Waals surface area contributed by atoms with Crippen molar-refractivity contribution < 1.29 is 9.21 Å². The highest BCUT2D eigenvalue weighted by atomic mass is 16.3. The van der Waals surface area contributed by atoms with Crippen LogP contribution < -0.4 is 0 Å². The summed E-state index contributed by atoms with van der Waals surface area (Å²) in [5.74, 6) is 2.16. The monoisotopic (exact) mass is 365 g/mol. The predicted molar refractivity (Wildman–Crippen MR) is 99.3 cm³/mol. The average molecular weight is 365 g/mol. The molecule has 1 aromatic carbocycles. The molecule has 1 atom stereocenters. The van der Waals surface area contributed by atoms with E-state index in [0.717, 1.165) is 17.2 Å². The van der Waals surface area contributed by atoms with Crippen LogP contribution in [0.25, 0.3) is 0 Å². The number of oxazole rings is 1. The van der Waals surface area contributed by atoms with Crippen molar-refractivity contribution in [1.29, 1.82) is 0 Å². The Morgan fingerprint density at radius 1 is 1.26 bits per heavy atom. The first-order valence-corrected chi connectivity index (χ1v) is 9.24. The fourth-order valence-electron chi connectivity index (χ4n) is 3.62. The van der Waals surface area contributed by atoms with E-state index >= 15 is 0 Å². The van der Waals surface area contributed by atoms with Gasteiger partial charge in [0.25, 0.3) is 5.91 Å². The van der Waals surface area contributed by atoms with E-state index in [4.69, 9.17) is 4.42 Å². The van der Waals surface area contributed by atoms with Gasteiger partial charge in [0.05, 0.1) is 12.6 Å². The third-order valence-corrected chi connectivity index (χ3v) is 4.89. The molecule has 0 spiro atoms. The van der Waals surface area contributed by atoms with Crippen molar-refractivity contribution >= 4 is 5.91 Å². The molecule has 1 aliphatic heterocycles. The molecule has 0 bridgehead atoms. The molecule has 0 unspecified atom stereocenters. The Hall–Kier alpha value is -2.96. The Kier molecular flexibility index (Phi) is 4.51. The third-order valence-electron chi connectivity index (χ3n) is 4.89. The van der Waals surface area contributed by atoms with E-state index in [1.54, 1.807) is 0 Å². The van der Waals surface area contributed by atoms with Crippen LogP contribution in [0.1, 0.15) is 59.3 Å². The average Bonchev–Trinajstić information content (AvgIpc) is 3.28. The summed E-state index contributed by atoms with van der Waals surface area (Å²) >= 11 is 0. The summed E-state index contributed by atoms with van der Waals surface area (Å²) in [6, 6.07) is 9.96. The van der Waals surface area contributed by atoms with Crippen LogP contribution in [-0.2, 0) is 13.0 Å². The number of carbonyl (C=O) groups excluding carboxylic acids is 1. The maximum absolute atomic E-state index is 13.3. The summed E-state index contributed by atoms with van der Waals surface area (Å²) in [7, 11) is 0. The fourth-order valence-corrected chi connectivity index (χ4v) is 3.62. The van der Waals surface area contributed by atoms with Crippen molar-refractivity contribution in [1.82, 2.24) is 24.6 Å². The van der Waals surface area contributed by atoms with Crippen molar-refractivity contribution in [2.24, 2.45) is 0 Å². The topological polar surface area (TPSA) is 77.1 Å². The van der Waals surface area contributed by atoms with Gasteiger partial charge in [-0.2, -0.15) is 5.10 Å². The molecule has 0 N–H and O–H groups in total. The van der Waals surface area contributed by atoms with Crippen LogP contribution in [0.15, 0.2) is 41.1 Å². The van der Waals surface area contributed by atoms with E-state index in [-0.39, 0.29) is 17.9 Å². The molecule has 7 heteroatoms. The molecule has 0 fully saturated rings. The number of fused-ring (bicyclic) bond motifs is 1. The zero-order chi connectivity index (χ0) is 19.0. The van der Waals surface area contributed by atoms with E-state index in [1.807, 2.05) is 48.6 Å². The van der Waals surface area contributed by atoms with Crippen molar-refractivity contribution in [3.05, 3.63) is 65.4 Å². The molecule has 1 amide bonds. The molecule has 0 saturated carbocycles. The number of amides is 1. The maximum atomic E-state index is 13.3. The number of aromatic nitrogens is 4. The lowest BCUT2D eigenvalue weighted by molar-refractivity contribution is 0.0600. The largest absolute Gasteiger partial charge is 0.447 e. The van der Waals surface area contributed by atoms with Crippen molar-refractivity contribution in [2.45, 2.75) is 45.7 Å². The van der Waals surface area contributed by atoms with Crippen molar-refractivity contribution in [3.63, 3.8) is 0 Å². The minimum absolute atomic E-state index is 0.0923. The molecule has 0 aliphatic carbocycles. The standard InChI is InChI=1S/C20H23N5O2/c1-13(2)18-17(21-12-27-18)20(26)24-9-10-25-19(22-14(3)23-25)16(24)11-15-7-5-4-6-8-15/h4-8,12-13,16H,9-11H2,1-3H3/t16-/m0/s1. The van der Waals surface area contributed by atoms with Crippen LogP contribution in [0, 0.1) is 6.92 Å². The van der Waals surface area contributed by atoms with Crippen LogP contribution in [0.4, 0.5) is 0 Å². The highest BCUT2D eigenvalue weighted by Gasteiger charge is 2.36. The van der Waals surface area contributed by atoms with E-state index in [0.29, 0.717) is 31.0 Å². The van der Waals surface area contributed by atoms with Gasteiger partial charge >= 0.3 is 0 Å². The third kappa shape index (κ3) is 3.25. The summed E-state index contributed by atoms with van der Waals surface area (Å²) < 4.78 is 7.39. The zero-order valence-electron chi connectivity index (χ0n) is 15.8. The molecule has 3 heterocycles. The van der Waals surface area contributed by atoms with Crippen molar-refractivity contribution in [3.8, 4) is 0 Å². The van der Waals surface area contributed by atoms with Gasteiger partial charge in [-0.05, 0) is 12.5 Å². The number of rotatable bonds is 4. The van der Waals surface area contributed by atoms with Gasteiger partial charge in [0.15, 0.2) is 12.1 Å². The molecular weight excluding hydrogens is 342 g/mol. The lowest BCUT2D eigenvalue weighted by Crippen LogP contribution is -2.44. The Morgan fingerprint density at radius 2 is 2.04 bits per heavy atom. The Morgan fingerprint density at radius 3 is 2.78 bits per heavy atom. The van der Waals surface area contributed by atoms with Crippen LogP contribution in [-0.4, -0.2) is 37.1 Å². The minimum Gasteiger partial charge on any atom is -0.447 e. The quantitative estimate of drug-likeness (QED) is 0.710. The number of hydrogen-bond acceptors (Lipinski definition) is 5. The lowest BCUT2D eigenvalue weighted by atomic mass is 10.0. The molecule has 140 valence electrons. The SMILES string of the molecule is Cc1nc2n(n1)CCN(C(=O)c1ncoc1C(C)C)[C@H]2Cc1ccccc1. The first-order valence-electron chi connectivity index (χ1n) is 9.24. The molecular formula is C20H23N5O2. The normalized spacial score (nSPS) is 16.6. The van der Waals surface area contributed by atoms with E-state index in [2.05, 4.69) is 27.2 Å². The molecule has 2 aromatic heterocycles. The molecule has 3 aromatic rings. The Balaban J connectivity index is 1.72. The van der Waals surface area contributed by atoms with Gasteiger partial charge < -0.3 is 9.32 Å². The summed E-state index contributed by atoms with van der Waals surface area (Å²) in [6.07, 6.45) is 2.03. The fraction of sp³-hybridized carbons (Fsp3) is 0.400. The summed E-state index contributed by atoms with van der Waals surface area (Å²) in [6.45, 7) is 7.06. The van der Waals surface area contributed by atoms with Gasteiger partial charge in [0.1, 0.15) is 17.4 Å². The van der Waals surface area contributed by atoms with Gasteiger partial charge in [-0.25, -0.2) is 14.6 Å². The first-order chi connectivity index (χ1) is 13.0. The van der Waals surface area contributed by atoms with Gasteiger partial charge in [0.2, 0.25) is 0 Å². The van der Waals surface area contributed by atoms with E-state index in [9.17, 15) is 4.79 Å². The van der Waals surface area contributed by atoms with Gasteiger partial charge in [-0.15, -0.1) is 0 Å². The lowest BCUT2D eigenvalue weighted by Gasteiger charge is -2.35. The van der Waals surface area contributed by atoms with E-state index in [1.165, 1.54) is 6.39 Å². The Labute approximate surface area is 158 Å². The minimum atomic E-state index is -0.188. The molecule has 7 nitrogen and oxygen atoms in total. The smallest absolute Gasteiger partial charge is 0.276 e. The van der Waals surface area contributed by atoms with Crippen LogP contribution in [0.3, 0.4) is 0 Å². The van der Waals surface area contributed by atoms with Gasteiger partial charge in [0, 0.05) is 18.9 Å². The van der Waals surface area contributed by atoms with Crippen LogP contribution in [0.5, 0.6) is 0 Å².